The number of hydrogen-bond acceptors (Lipinski definition) is 4. The predicted molar refractivity (Wildman–Crippen MR) is 169 cm³/mol. The van der Waals surface area contributed by atoms with Crippen molar-refractivity contribution in [1.29, 1.82) is 0 Å². The molecule has 0 aliphatic rings. The number of halogens is 1. The zero-order valence-electron chi connectivity index (χ0n) is 24.6. The Hall–Kier alpha value is -5.31. The van der Waals surface area contributed by atoms with Gasteiger partial charge >= 0.3 is 0 Å². The number of H-pyrrole nitrogens is 1. The van der Waals surface area contributed by atoms with E-state index in [0.29, 0.717) is 29.2 Å². The summed E-state index contributed by atoms with van der Waals surface area (Å²) >= 11 is 0. The van der Waals surface area contributed by atoms with Gasteiger partial charge in [0.2, 0.25) is 17.7 Å². The lowest BCUT2D eigenvalue weighted by Crippen LogP contribution is -2.44. The summed E-state index contributed by atoms with van der Waals surface area (Å²) in [6.45, 7) is 3.82. The average Bonchev–Trinajstić information content (AvgIpc) is 3.45. The molecular formula is C35H34FN5O3. The van der Waals surface area contributed by atoms with Crippen molar-refractivity contribution in [2.24, 2.45) is 5.92 Å². The number of anilines is 2. The first-order chi connectivity index (χ1) is 21.3. The monoisotopic (exact) mass is 591 g/mol. The highest BCUT2D eigenvalue weighted by Crippen LogP contribution is 2.31. The van der Waals surface area contributed by atoms with Gasteiger partial charge < -0.3 is 15.6 Å². The van der Waals surface area contributed by atoms with Crippen molar-refractivity contribution in [1.82, 2.24) is 15.3 Å². The van der Waals surface area contributed by atoms with Crippen LogP contribution in [0, 0.1) is 11.7 Å². The molecule has 0 bridgehead atoms. The molecule has 5 aromatic rings. The van der Waals surface area contributed by atoms with E-state index in [2.05, 4.69) is 20.6 Å². The van der Waals surface area contributed by atoms with E-state index in [0.717, 1.165) is 16.6 Å². The summed E-state index contributed by atoms with van der Waals surface area (Å²) in [6.07, 6.45) is 0.331. The largest absolute Gasteiger partial charge is 0.350 e. The van der Waals surface area contributed by atoms with Crippen LogP contribution in [-0.2, 0) is 27.3 Å². The molecule has 44 heavy (non-hydrogen) atoms. The van der Waals surface area contributed by atoms with Gasteiger partial charge in [-0.3, -0.25) is 19.3 Å². The fourth-order valence-corrected chi connectivity index (χ4v) is 4.87. The zero-order valence-corrected chi connectivity index (χ0v) is 24.6. The summed E-state index contributed by atoms with van der Waals surface area (Å²) in [6, 6.07) is 28.3. The van der Waals surface area contributed by atoms with Crippen molar-refractivity contribution < 1.29 is 18.8 Å². The van der Waals surface area contributed by atoms with Crippen LogP contribution < -0.4 is 15.5 Å². The first-order valence-corrected chi connectivity index (χ1v) is 14.5. The van der Waals surface area contributed by atoms with Crippen molar-refractivity contribution in [3.63, 3.8) is 0 Å². The standard InChI is InChI=1S/C35H34FN5O3/c1-23(2)34(43)38-27-15-17-28(18-16-27)41(32(42)20-19-31-39-29-13-6-7-14-30(29)40-31)33(25-11-8-12-26(36)21-25)35(44)37-22-24-9-4-3-5-10-24/h3-18,21,23,33H,19-20,22H2,1-2H3,(H,37,44)(H,38,43)(H,39,40). The molecule has 1 heterocycles. The molecule has 0 fully saturated rings. The summed E-state index contributed by atoms with van der Waals surface area (Å²) in [7, 11) is 0. The Morgan fingerprint density at radius 3 is 2.30 bits per heavy atom. The highest BCUT2D eigenvalue weighted by molar-refractivity contribution is 6.01. The van der Waals surface area contributed by atoms with Crippen LogP contribution in [-0.4, -0.2) is 27.7 Å². The first kappa shape index (κ1) is 30.2. The molecule has 3 amide bonds. The minimum atomic E-state index is -1.17. The number of imidazole rings is 1. The number of aryl methyl sites for hydroxylation is 1. The molecular weight excluding hydrogens is 557 g/mol. The van der Waals surface area contributed by atoms with E-state index < -0.39 is 17.8 Å². The SMILES string of the molecule is CC(C)C(=O)Nc1ccc(N(C(=O)CCc2nc3ccccc3[nH]2)C(C(=O)NCc2ccccc2)c2cccc(F)c2)cc1. The molecule has 8 nitrogen and oxygen atoms in total. The van der Waals surface area contributed by atoms with Crippen molar-refractivity contribution in [3.8, 4) is 0 Å². The maximum atomic E-state index is 14.5. The number of nitrogens with zero attached hydrogens (tertiary/aromatic N) is 2. The molecule has 0 radical (unpaired) electrons. The van der Waals surface area contributed by atoms with Crippen molar-refractivity contribution in [3.05, 3.63) is 126 Å². The molecule has 1 atom stereocenters. The molecule has 5 rings (SSSR count). The maximum Gasteiger partial charge on any atom is 0.248 e. The second-order valence-electron chi connectivity index (χ2n) is 10.8. The third-order valence-corrected chi connectivity index (χ3v) is 7.20. The first-order valence-electron chi connectivity index (χ1n) is 14.5. The quantitative estimate of drug-likeness (QED) is 0.167. The molecule has 1 aromatic heterocycles. The summed E-state index contributed by atoms with van der Waals surface area (Å²) in [5.74, 6) is -1.06. The number of carbonyl (C=O) groups excluding carboxylic acids is 3. The maximum absolute atomic E-state index is 14.5. The fraction of sp³-hybridized carbons (Fsp3) is 0.200. The van der Waals surface area contributed by atoms with E-state index in [1.165, 1.54) is 23.1 Å². The molecule has 1 unspecified atom stereocenters. The number of fused-ring (bicyclic) bond motifs is 1. The van der Waals surface area contributed by atoms with Gasteiger partial charge in [0.15, 0.2) is 0 Å². The summed E-state index contributed by atoms with van der Waals surface area (Å²) in [5.41, 5.74) is 3.84. The number of amides is 3. The van der Waals surface area contributed by atoms with Crippen LogP contribution in [0.3, 0.4) is 0 Å². The molecule has 0 saturated heterocycles. The number of nitrogens with one attached hydrogen (secondary N) is 3. The molecule has 0 spiro atoms. The molecule has 4 aromatic carbocycles. The number of aromatic nitrogens is 2. The van der Waals surface area contributed by atoms with Crippen LogP contribution in [0.15, 0.2) is 103 Å². The number of carbonyl (C=O) groups is 3. The third-order valence-electron chi connectivity index (χ3n) is 7.20. The van der Waals surface area contributed by atoms with E-state index in [4.69, 9.17) is 0 Å². The Kier molecular flexibility index (Phi) is 9.44. The van der Waals surface area contributed by atoms with E-state index in [1.54, 1.807) is 44.2 Å². The second kappa shape index (κ2) is 13.8. The summed E-state index contributed by atoms with van der Waals surface area (Å²) < 4.78 is 14.5. The zero-order chi connectivity index (χ0) is 31.1. The van der Waals surface area contributed by atoms with Gasteiger partial charge in [-0.05, 0) is 59.7 Å². The third kappa shape index (κ3) is 7.36. The second-order valence-corrected chi connectivity index (χ2v) is 10.8. The molecule has 9 heteroatoms. The van der Waals surface area contributed by atoms with Gasteiger partial charge in [-0.2, -0.15) is 0 Å². The minimum Gasteiger partial charge on any atom is -0.350 e. The van der Waals surface area contributed by atoms with Crippen molar-refractivity contribution in [2.45, 2.75) is 39.3 Å². The van der Waals surface area contributed by atoms with Gasteiger partial charge in [0, 0.05) is 36.7 Å². The van der Waals surface area contributed by atoms with Gasteiger partial charge in [0.05, 0.1) is 11.0 Å². The van der Waals surface area contributed by atoms with Gasteiger partial charge in [-0.15, -0.1) is 0 Å². The number of para-hydroxylation sites is 2. The fourth-order valence-electron chi connectivity index (χ4n) is 4.87. The van der Waals surface area contributed by atoms with Crippen LogP contribution in [0.1, 0.15) is 43.3 Å². The normalized spacial score (nSPS) is 11.7. The average molecular weight is 592 g/mol. The highest BCUT2D eigenvalue weighted by Gasteiger charge is 2.33. The van der Waals surface area contributed by atoms with Crippen LogP contribution in [0.5, 0.6) is 0 Å². The Morgan fingerprint density at radius 1 is 0.864 bits per heavy atom. The van der Waals surface area contributed by atoms with Crippen LogP contribution >= 0.6 is 0 Å². The summed E-state index contributed by atoms with van der Waals surface area (Å²) in [5, 5.41) is 5.77. The van der Waals surface area contributed by atoms with Crippen LogP contribution in [0.4, 0.5) is 15.8 Å². The number of benzene rings is 4. The highest BCUT2D eigenvalue weighted by atomic mass is 19.1. The Morgan fingerprint density at radius 2 is 1.59 bits per heavy atom. The summed E-state index contributed by atoms with van der Waals surface area (Å²) in [4.78, 5) is 49.5. The number of hydrogen-bond donors (Lipinski definition) is 3. The Bertz CT molecular complexity index is 1720. The smallest absolute Gasteiger partial charge is 0.248 e. The van der Waals surface area contributed by atoms with E-state index in [-0.39, 0.29) is 30.7 Å². The van der Waals surface area contributed by atoms with E-state index in [9.17, 15) is 18.8 Å². The van der Waals surface area contributed by atoms with Crippen LogP contribution in [0.2, 0.25) is 0 Å². The lowest BCUT2D eigenvalue weighted by atomic mass is 10.0. The number of rotatable bonds is 11. The Balaban J connectivity index is 1.49. The molecule has 224 valence electrons. The number of aromatic amines is 1. The lowest BCUT2D eigenvalue weighted by molar-refractivity contribution is -0.126. The topological polar surface area (TPSA) is 107 Å². The molecule has 3 N–H and O–H groups in total. The lowest BCUT2D eigenvalue weighted by Gasteiger charge is -2.32. The van der Waals surface area contributed by atoms with Gasteiger partial charge in [0.25, 0.3) is 0 Å². The predicted octanol–water partition coefficient (Wildman–Crippen LogP) is 6.32. The van der Waals surface area contributed by atoms with E-state index >= 15 is 0 Å². The Labute approximate surface area is 255 Å². The van der Waals surface area contributed by atoms with E-state index in [1.807, 2.05) is 54.6 Å². The van der Waals surface area contributed by atoms with Crippen LogP contribution in [0.25, 0.3) is 11.0 Å². The molecule has 0 saturated carbocycles. The van der Waals surface area contributed by atoms with Crippen molar-refractivity contribution >= 4 is 40.1 Å². The molecule has 0 aliphatic carbocycles. The van der Waals surface area contributed by atoms with Crippen molar-refractivity contribution in [2.75, 3.05) is 10.2 Å². The van der Waals surface area contributed by atoms with Gasteiger partial charge in [-0.25, -0.2) is 9.37 Å². The van der Waals surface area contributed by atoms with Gasteiger partial charge in [0.1, 0.15) is 17.7 Å². The minimum absolute atomic E-state index is 0.0312. The molecule has 0 aliphatic heterocycles. The van der Waals surface area contributed by atoms with Gasteiger partial charge in [-0.1, -0.05) is 68.4 Å².